The van der Waals surface area contributed by atoms with E-state index in [1.807, 2.05) is 37.3 Å². The molecule has 0 atom stereocenters. The number of amides is 1. The third-order valence-electron chi connectivity index (χ3n) is 3.60. The highest BCUT2D eigenvalue weighted by Crippen LogP contribution is 2.22. The lowest BCUT2D eigenvalue weighted by atomic mass is 10.2. The van der Waals surface area contributed by atoms with Crippen LogP contribution in [0.1, 0.15) is 31.2 Å². The molecule has 1 N–H and O–H groups in total. The number of rotatable bonds is 7. The largest absolute Gasteiger partial charge is 0.456 e. The number of hydrogen-bond donors (Lipinski definition) is 1. The summed E-state index contributed by atoms with van der Waals surface area (Å²) >= 11 is 0. The third-order valence-corrected chi connectivity index (χ3v) is 3.60. The minimum atomic E-state index is -0.571. The van der Waals surface area contributed by atoms with E-state index in [-0.39, 0.29) is 18.6 Å². The van der Waals surface area contributed by atoms with Crippen LogP contribution >= 0.6 is 0 Å². The van der Waals surface area contributed by atoms with Crippen LogP contribution in [-0.2, 0) is 19.1 Å². The zero-order valence-corrected chi connectivity index (χ0v) is 14.5. The maximum Gasteiger partial charge on any atom is 0.306 e. The predicted molar refractivity (Wildman–Crippen MR) is 92.5 cm³/mol. The van der Waals surface area contributed by atoms with E-state index in [0.29, 0.717) is 11.4 Å². The van der Waals surface area contributed by atoms with Crippen molar-refractivity contribution in [2.75, 3.05) is 11.9 Å². The normalized spacial score (nSPS) is 10.4. The Kier molecular flexibility index (Phi) is 6.05. The van der Waals surface area contributed by atoms with E-state index in [4.69, 9.17) is 4.74 Å². The molecule has 0 aliphatic carbocycles. The number of benzene rings is 1. The number of nitrogens with one attached hydrogen (secondary N) is 1. The van der Waals surface area contributed by atoms with E-state index >= 15 is 0 Å². The van der Waals surface area contributed by atoms with Gasteiger partial charge in [-0.05, 0) is 32.9 Å². The van der Waals surface area contributed by atoms with Gasteiger partial charge in [-0.1, -0.05) is 18.2 Å². The number of aromatic nitrogens is 2. The standard InChI is InChI=1S/C18H21N3O4/c1-12(22)9-10-17(24)25-11-16(23)19-18-13(2)20-21(14(18)3)15-7-5-4-6-8-15/h4-8H,9-11H2,1-3H3,(H,19,23). The van der Waals surface area contributed by atoms with Gasteiger partial charge in [-0.2, -0.15) is 5.10 Å². The number of Topliss-reactive ketones (excluding diaryl/α,β-unsaturated/α-hetero) is 1. The van der Waals surface area contributed by atoms with Gasteiger partial charge < -0.3 is 14.8 Å². The SMILES string of the molecule is CC(=O)CCC(=O)OCC(=O)Nc1c(C)nn(-c2ccccc2)c1C. The molecule has 1 aromatic heterocycles. The van der Waals surface area contributed by atoms with E-state index in [1.54, 1.807) is 11.6 Å². The van der Waals surface area contributed by atoms with Crippen molar-refractivity contribution in [1.82, 2.24) is 9.78 Å². The zero-order chi connectivity index (χ0) is 18.4. The number of ether oxygens (including phenoxy) is 1. The third kappa shape index (κ3) is 5.00. The van der Waals surface area contributed by atoms with Crippen LogP contribution in [-0.4, -0.2) is 34.0 Å². The Labute approximate surface area is 146 Å². The lowest BCUT2D eigenvalue weighted by Gasteiger charge is -2.08. The van der Waals surface area contributed by atoms with Gasteiger partial charge in [0.15, 0.2) is 6.61 Å². The molecule has 2 aromatic rings. The van der Waals surface area contributed by atoms with Crippen LogP contribution in [0.5, 0.6) is 0 Å². The lowest BCUT2D eigenvalue weighted by molar-refractivity contribution is -0.148. The molecule has 0 saturated carbocycles. The van der Waals surface area contributed by atoms with Crippen molar-refractivity contribution in [2.45, 2.75) is 33.6 Å². The molecule has 25 heavy (non-hydrogen) atoms. The summed E-state index contributed by atoms with van der Waals surface area (Å²) in [4.78, 5) is 34.3. The molecule has 2 rings (SSSR count). The topological polar surface area (TPSA) is 90.3 Å². The predicted octanol–water partition coefficient (Wildman–Crippen LogP) is 2.34. The molecule has 1 heterocycles. The first-order valence-corrected chi connectivity index (χ1v) is 7.95. The van der Waals surface area contributed by atoms with Crippen molar-refractivity contribution in [3.8, 4) is 5.69 Å². The summed E-state index contributed by atoms with van der Waals surface area (Å²) in [6, 6.07) is 9.57. The first-order chi connectivity index (χ1) is 11.9. The number of para-hydroxylation sites is 1. The maximum atomic E-state index is 12.0. The Morgan fingerprint density at radius 3 is 2.44 bits per heavy atom. The van der Waals surface area contributed by atoms with Crippen molar-refractivity contribution in [1.29, 1.82) is 0 Å². The van der Waals surface area contributed by atoms with E-state index in [1.165, 1.54) is 6.92 Å². The van der Waals surface area contributed by atoms with Gasteiger partial charge in [0.2, 0.25) is 0 Å². The molecule has 0 fully saturated rings. The minimum Gasteiger partial charge on any atom is -0.456 e. The fourth-order valence-electron chi connectivity index (χ4n) is 2.32. The number of carbonyl (C=O) groups excluding carboxylic acids is 3. The van der Waals surface area contributed by atoms with Gasteiger partial charge in [-0.3, -0.25) is 9.59 Å². The molecule has 7 heteroatoms. The molecule has 0 aliphatic rings. The molecule has 0 unspecified atom stereocenters. The number of anilines is 1. The molecule has 0 spiro atoms. The summed E-state index contributed by atoms with van der Waals surface area (Å²) in [5.41, 5.74) is 2.92. The molecule has 0 saturated heterocycles. The average molecular weight is 343 g/mol. The number of ketones is 1. The first-order valence-electron chi connectivity index (χ1n) is 7.95. The zero-order valence-electron chi connectivity index (χ0n) is 14.5. The molecule has 0 radical (unpaired) electrons. The molecular formula is C18H21N3O4. The van der Waals surface area contributed by atoms with Gasteiger partial charge in [0.1, 0.15) is 5.78 Å². The second kappa shape index (κ2) is 8.23. The van der Waals surface area contributed by atoms with Crippen LogP contribution < -0.4 is 5.32 Å². The Bertz CT molecular complexity index is 781. The number of esters is 1. The van der Waals surface area contributed by atoms with Crippen molar-refractivity contribution in [3.05, 3.63) is 41.7 Å². The summed E-state index contributed by atoms with van der Waals surface area (Å²) in [5, 5.41) is 7.16. The summed E-state index contributed by atoms with van der Waals surface area (Å²) in [5.74, 6) is -1.12. The average Bonchev–Trinajstić information content (AvgIpc) is 2.87. The Hall–Kier alpha value is -2.96. The van der Waals surface area contributed by atoms with E-state index in [9.17, 15) is 14.4 Å². The molecular weight excluding hydrogens is 322 g/mol. The van der Waals surface area contributed by atoms with Gasteiger partial charge >= 0.3 is 5.97 Å². The molecule has 1 aromatic carbocycles. The lowest BCUT2D eigenvalue weighted by Crippen LogP contribution is -2.21. The summed E-state index contributed by atoms with van der Waals surface area (Å²) in [6.45, 7) is 4.64. The number of carbonyl (C=O) groups is 3. The van der Waals surface area contributed by atoms with Crippen LogP contribution in [0.3, 0.4) is 0 Å². The summed E-state index contributed by atoms with van der Waals surface area (Å²) in [6.07, 6.45) is 0.0924. The molecule has 1 amide bonds. The smallest absolute Gasteiger partial charge is 0.306 e. The summed E-state index contributed by atoms with van der Waals surface area (Å²) < 4.78 is 6.61. The monoisotopic (exact) mass is 343 g/mol. The molecule has 7 nitrogen and oxygen atoms in total. The van der Waals surface area contributed by atoms with Crippen LogP contribution in [0.2, 0.25) is 0 Å². The van der Waals surface area contributed by atoms with E-state index < -0.39 is 18.5 Å². The van der Waals surface area contributed by atoms with Crippen LogP contribution in [0.4, 0.5) is 5.69 Å². The van der Waals surface area contributed by atoms with Crippen LogP contribution in [0, 0.1) is 13.8 Å². The van der Waals surface area contributed by atoms with Crippen LogP contribution in [0.15, 0.2) is 30.3 Å². The van der Waals surface area contributed by atoms with Crippen molar-refractivity contribution < 1.29 is 19.1 Å². The van der Waals surface area contributed by atoms with Crippen LogP contribution in [0.25, 0.3) is 5.69 Å². The van der Waals surface area contributed by atoms with Gasteiger partial charge in [-0.25, -0.2) is 4.68 Å². The van der Waals surface area contributed by atoms with Crippen molar-refractivity contribution in [3.63, 3.8) is 0 Å². The van der Waals surface area contributed by atoms with Gasteiger partial charge in [0, 0.05) is 6.42 Å². The number of hydrogen-bond acceptors (Lipinski definition) is 5. The van der Waals surface area contributed by atoms with E-state index in [2.05, 4.69) is 10.4 Å². The second-order valence-corrected chi connectivity index (χ2v) is 5.70. The fraction of sp³-hybridized carbons (Fsp3) is 0.333. The number of aryl methyl sites for hydroxylation is 1. The molecule has 0 bridgehead atoms. The van der Waals surface area contributed by atoms with E-state index in [0.717, 1.165) is 11.4 Å². The molecule has 0 aliphatic heterocycles. The highest BCUT2D eigenvalue weighted by Gasteiger charge is 2.16. The maximum absolute atomic E-state index is 12.0. The quantitative estimate of drug-likeness (QED) is 0.779. The highest BCUT2D eigenvalue weighted by atomic mass is 16.5. The van der Waals surface area contributed by atoms with Gasteiger partial charge in [0.05, 0.1) is 29.2 Å². The fourth-order valence-corrected chi connectivity index (χ4v) is 2.32. The Morgan fingerprint density at radius 2 is 1.80 bits per heavy atom. The van der Waals surface area contributed by atoms with Crippen molar-refractivity contribution in [2.24, 2.45) is 0 Å². The van der Waals surface area contributed by atoms with Gasteiger partial charge in [0.25, 0.3) is 5.91 Å². The first kappa shape index (κ1) is 18.4. The van der Waals surface area contributed by atoms with Gasteiger partial charge in [-0.15, -0.1) is 0 Å². The number of nitrogens with zero attached hydrogens (tertiary/aromatic N) is 2. The molecule has 132 valence electrons. The Balaban J connectivity index is 1.98. The summed E-state index contributed by atoms with van der Waals surface area (Å²) in [7, 11) is 0. The second-order valence-electron chi connectivity index (χ2n) is 5.70. The Morgan fingerprint density at radius 1 is 1.12 bits per heavy atom. The minimum absolute atomic E-state index is 0.0212. The van der Waals surface area contributed by atoms with Crippen molar-refractivity contribution >= 4 is 23.3 Å². The highest BCUT2D eigenvalue weighted by molar-refractivity contribution is 5.94.